The molecule has 0 radical (unpaired) electrons. The zero-order valence-electron chi connectivity index (χ0n) is 10.9. The van der Waals surface area contributed by atoms with Crippen LogP contribution in [0, 0.1) is 6.92 Å². The van der Waals surface area contributed by atoms with Gasteiger partial charge in [-0.2, -0.15) is 0 Å². The Bertz CT molecular complexity index is 424. The average molecular weight is 268 g/mol. The van der Waals surface area contributed by atoms with Crippen molar-refractivity contribution in [2.45, 2.75) is 57.6 Å². The minimum Gasteiger partial charge on any atom is -0.389 e. The van der Waals surface area contributed by atoms with Crippen molar-refractivity contribution in [3.05, 3.63) is 16.1 Å². The Morgan fingerprint density at radius 1 is 1.61 bits per heavy atom. The van der Waals surface area contributed by atoms with Gasteiger partial charge in [0.2, 0.25) is 5.91 Å². The third-order valence-electron chi connectivity index (χ3n) is 3.41. The van der Waals surface area contributed by atoms with Crippen LogP contribution in [0.5, 0.6) is 0 Å². The highest BCUT2D eigenvalue weighted by molar-refractivity contribution is 7.11. The Labute approximate surface area is 111 Å². The standard InChI is InChI=1S/C13H20N2O2S/c1-9-8-14-12(18-9)10(2)15-11(16)7-13(17)5-3-4-6-13/h8,10,17H,3-7H2,1-2H3,(H,15,16). The molecule has 0 aromatic carbocycles. The fourth-order valence-corrected chi connectivity index (χ4v) is 3.21. The zero-order valence-corrected chi connectivity index (χ0v) is 11.7. The summed E-state index contributed by atoms with van der Waals surface area (Å²) >= 11 is 1.59. The number of carbonyl (C=O) groups excluding carboxylic acids is 1. The number of thiazole rings is 1. The predicted octanol–water partition coefficient (Wildman–Crippen LogP) is 2.32. The molecule has 1 aliphatic rings. The van der Waals surface area contributed by atoms with Crippen LogP contribution < -0.4 is 5.32 Å². The van der Waals surface area contributed by atoms with E-state index in [1.165, 1.54) is 0 Å². The van der Waals surface area contributed by atoms with Crippen LogP contribution in [0.3, 0.4) is 0 Å². The summed E-state index contributed by atoms with van der Waals surface area (Å²) in [5.74, 6) is -0.0836. The van der Waals surface area contributed by atoms with E-state index in [-0.39, 0.29) is 18.4 Å². The van der Waals surface area contributed by atoms with E-state index in [1.54, 1.807) is 11.3 Å². The molecular weight excluding hydrogens is 248 g/mol. The second kappa shape index (κ2) is 5.36. The van der Waals surface area contributed by atoms with Gasteiger partial charge in [0.1, 0.15) is 5.01 Å². The quantitative estimate of drug-likeness (QED) is 0.881. The first kappa shape index (κ1) is 13.5. The molecule has 1 aliphatic carbocycles. The molecule has 1 saturated carbocycles. The molecule has 0 aliphatic heterocycles. The van der Waals surface area contributed by atoms with Crippen molar-refractivity contribution in [3.8, 4) is 0 Å². The van der Waals surface area contributed by atoms with Crippen LogP contribution in [-0.4, -0.2) is 21.6 Å². The van der Waals surface area contributed by atoms with E-state index in [2.05, 4.69) is 10.3 Å². The van der Waals surface area contributed by atoms with Crippen molar-refractivity contribution in [2.24, 2.45) is 0 Å². The summed E-state index contributed by atoms with van der Waals surface area (Å²) in [5, 5.41) is 14.0. The van der Waals surface area contributed by atoms with Crippen LogP contribution in [0.4, 0.5) is 0 Å². The normalized spacial score (nSPS) is 19.7. The molecular formula is C13H20N2O2S. The smallest absolute Gasteiger partial charge is 0.223 e. The predicted molar refractivity (Wildman–Crippen MR) is 71.4 cm³/mol. The van der Waals surface area contributed by atoms with Crippen molar-refractivity contribution < 1.29 is 9.90 Å². The Hall–Kier alpha value is -0.940. The molecule has 1 atom stereocenters. The summed E-state index contributed by atoms with van der Waals surface area (Å²) in [4.78, 5) is 17.3. The topological polar surface area (TPSA) is 62.2 Å². The zero-order chi connectivity index (χ0) is 13.2. The third kappa shape index (κ3) is 3.29. The van der Waals surface area contributed by atoms with Gasteiger partial charge in [0.05, 0.1) is 18.1 Å². The molecule has 1 fully saturated rings. The summed E-state index contributed by atoms with van der Waals surface area (Å²) in [7, 11) is 0. The molecule has 1 amide bonds. The number of aromatic nitrogens is 1. The van der Waals surface area contributed by atoms with Crippen molar-refractivity contribution in [1.82, 2.24) is 10.3 Å². The van der Waals surface area contributed by atoms with Gasteiger partial charge in [0.15, 0.2) is 0 Å². The summed E-state index contributed by atoms with van der Waals surface area (Å²) in [5.41, 5.74) is -0.775. The molecule has 0 saturated heterocycles. The lowest BCUT2D eigenvalue weighted by atomic mass is 9.97. The van der Waals surface area contributed by atoms with Crippen LogP contribution in [0.25, 0.3) is 0 Å². The van der Waals surface area contributed by atoms with E-state index in [4.69, 9.17) is 0 Å². The molecule has 1 aromatic heterocycles. The highest BCUT2D eigenvalue weighted by Gasteiger charge is 2.33. The maximum atomic E-state index is 11.9. The molecule has 2 N–H and O–H groups in total. The van der Waals surface area contributed by atoms with Crippen LogP contribution in [0.1, 0.15) is 55.0 Å². The van der Waals surface area contributed by atoms with Crippen LogP contribution in [-0.2, 0) is 4.79 Å². The SMILES string of the molecule is Cc1cnc(C(C)NC(=O)CC2(O)CCCC2)s1. The molecule has 4 nitrogen and oxygen atoms in total. The van der Waals surface area contributed by atoms with E-state index < -0.39 is 5.60 Å². The molecule has 0 spiro atoms. The third-order valence-corrected chi connectivity index (χ3v) is 4.51. The Balaban J connectivity index is 1.87. The Morgan fingerprint density at radius 3 is 2.83 bits per heavy atom. The van der Waals surface area contributed by atoms with E-state index in [0.29, 0.717) is 0 Å². The molecule has 18 heavy (non-hydrogen) atoms. The van der Waals surface area contributed by atoms with Gasteiger partial charge in [0.25, 0.3) is 0 Å². The first-order valence-electron chi connectivity index (χ1n) is 6.43. The molecule has 0 bridgehead atoms. The van der Waals surface area contributed by atoms with Gasteiger partial charge >= 0.3 is 0 Å². The lowest BCUT2D eigenvalue weighted by Gasteiger charge is -2.22. The highest BCUT2D eigenvalue weighted by atomic mass is 32.1. The van der Waals surface area contributed by atoms with Crippen LogP contribution in [0.2, 0.25) is 0 Å². The Morgan fingerprint density at radius 2 is 2.28 bits per heavy atom. The van der Waals surface area contributed by atoms with Crippen LogP contribution in [0.15, 0.2) is 6.20 Å². The number of nitrogens with one attached hydrogen (secondary N) is 1. The summed E-state index contributed by atoms with van der Waals surface area (Å²) in [6.07, 6.45) is 5.54. The first-order chi connectivity index (χ1) is 8.48. The van der Waals surface area contributed by atoms with Gasteiger partial charge in [-0.15, -0.1) is 11.3 Å². The van der Waals surface area contributed by atoms with Gasteiger partial charge in [-0.1, -0.05) is 12.8 Å². The largest absolute Gasteiger partial charge is 0.389 e. The van der Waals surface area contributed by atoms with Gasteiger partial charge in [0, 0.05) is 11.1 Å². The Kier molecular flexibility index (Phi) is 4.02. The molecule has 1 unspecified atom stereocenters. The summed E-state index contributed by atoms with van der Waals surface area (Å²) < 4.78 is 0. The van der Waals surface area contributed by atoms with E-state index in [0.717, 1.165) is 35.6 Å². The van der Waals surface area contributed by atoms with E-state index >= 15 is 0 Å². The highest BCUT2D eigenvalue weighted by Crippen LogP contribution is 2.32. The lowest BCUT2D eigenvalue weighted by Crippen LogP contribution is -2.35. The molecule has 1 aromatic rings. The number of hydrogen-bond acceptors (Lipinski definition) is 4. The molecule has 100 valence electrons. The maximum Gasteiger partial charge on any atom is 0.223 e. The van der Waals surface area contributed by atoms with Crippen LogP contribution >= 0.6 is 11.3 Å². The van der Waals surface area contributed by atoms with Crippen molar-refractivity contribution in [3.63, 3.8) is 0 Å². The number of rotatable bonds is 4. The maximum absolute atomic E-state index is 11.9. The average Bonchev–Trinajstić information content (AvgIpc) is 2.87. The molecule has 5 heteroatoms. The number of aryl methyl sites for hydroxylation is 1. The second-order valence-corrected chi connectivity index (χ2v) is 6.47. The number of aliphatic hydroxyl groups is 1. The fraction of sp³-hybridized carbons (Fsp3) is 0.692. The summed E-state index contributed by atoms with van der Waals surface area (Å²) in [6.45, 7) is 3.92. The molecule has 1 heterocycles. The van der Waals surface area contributed by atoms with E-state index in [1.807, 2.05) is 20.0 Å². The van der Waals surface area contributed by atoms with Gasteiger partial charge in [-0.05, 0) is 26.7 Å². The number of carbonyl (C=O) groups is 1. The van der Waals surface area contributed by atoms with E-state index in [9.17, 15) is 9.90 Å². The summed E-state index contributed by atoms with van der Waals surface area (Å²) in [6, 6.07) is -0.0822. The van der Waals surface area contributed by atoms with Crippen molar-refractivity contribution in [1.29, 1.82) is 0 Å². The lowest BCUT2D eigenvalue weighted by molar-refractivity contribution is -0.126. The monoisotopic (exact) mass is 268 g/mol. The number of amides is 1. The molecule has 2 rings (SSSR count). The number of hydrogen-bond donors (Lipinski definition) is 2. The minimum absolute atomic E-state index is 0.0822. The van der Waals surface area contributed by atoms with Gasteiger partial charge < -0.3 is 10.4 Å². The second-order valence-electron chi connectivity index (χ2n) is 5.21. The van der Waals surface area contributed by atoms with Crippen molar-refractivity contribution in [2.75, 3.05) is 0 Å². The first-order valence-corrected chi connectivity index (χ1v) is 7.24. The van der Waals surface area contributed by atoms with Crippen molar-refractivity contribution >= 4 is 17.2 Å². The van der Waals surface area contributed by atoms with Gasteiger partial charge in [-0.25, -0.2) is 4.98 Å². The fourth-order valence-electron chi connectivity index (χ4n) is 2.44. The number of nitrogens with zero attached hydrogens (tertiary/aromatic N) is 1. The van der Waals surface area contributed by atoms with Gasteiger partial charge in [-0.3, -0.25) is 4.79 Å². The minimum atomic E-state index is -0.775.